The standard InChI is InChI=1S/C20H38O3.C4H6O2.C4H6O/c1-3-4-16-7-11-20(12-8-16)23-14-17-5-9-18(10-6-17)19(13-21)15-22-2;1-4(2-5)3-6;1-4(2)3-5/h16-21H,3-15H2,1-2H3;2,6H,1,3H2;3H,1H2,2H3. The summed E-state index contributed by atoms with van der Waals surface area (Å²) in [5.41, 5.74) is 0.792. The largest absolute Gasteiger partial charge is 0.396 e. The van der Waals surface area contributed by atoms with E-state index in [0.29, 0.717) is 36.4 Å². The van der Waals surface area contributed by atoms with Crippen molar-refractivity contribution in [3.8, 4) is 0 Å². The summed E-state index contributed by atoms with van der Waals surface area (Å²) >= 11 is 0. The molecule has 6 nitrogen and oxygen atoms in total. The van der Waals surface area contributed by atoms with Crippen molar-refractivity contribution in [3.05, 3.63) is 24.3 Å². The molecule has 2 rings (SSSR count). The zero-order chi connectivity index (χ0) is 25.8. The van der Waals surface area contributed by atoms with Crippen molar-refractivity contribution in [1.82, 2.24) is 0 Å². The fraction of sp³-hybridized carbons (Fsp3) is 0.786. The van der Waals surface area contributed by atoms with E-state index < -0.39 is 0 Å². The molecule has 2 saturated carbocycles. The van der Waals surface area contributed by atoms with Gasteiger partial charge in [0.1, 0.15) is 12.6 Å². The van der Waals surface area contributed by atoms with Gasteiger partial charge in [0.2, 0.25) is 0 Å². The Morgan fingerprint density at radius 1 is 0.971 bits per heavy atom. The molecule has 0 spiro atoms. The molecule has 0 aromatic rings. The van der Waals surface area contributed by atoms with Crippen molar-refractivity contribution in [1.29, 1.82) is 0 Å². The molecule has 0 aromatic carbocycles. The van der Waals surface area contributed by atoms with Crippen molar-refractivity contribution in [2.75, 3.05) is 33.5 Å². The number of rotatable bonds is 12. The first-order valence-corrected chi connectivity index (χ1v) is 12.9. The predicted molar refractivity (Wildman–Crippen MR) is 138 cm³/mol. The molecule has 1 unspecified atom stereocenters. The van der Waals surface area contributed by atoms with Gasteiger partial charge in [-0.05, 0) is 81.6 Å². The number of aliphatic hydroxyl groups excluding tert-OH is 2. The van der Waals surface area contributed by atoms with Crippen LogP contribution in [0.1, 0.15) is 78.1 Å². The quantitative estimate of drug-likeness (QED) is 0.303. The first-order valence-electron chi connectivity index (χ1n) is 12.9. The van der Waals surface area contributed by atoms with Crippen LogP contribution < -0.4 is 0 Å². The molecular weight excluding hydrogens is 432 g/mol. The zero-order valence-electron chi connectivity index (χ0n) is 21.9. The van der Waals surface area contributed by atoms with Crippen LogP contribution in [-0.4, -0.2) is 62.4 Å². The number of hydrogen-bond acceptors (Lipinski definition) is 6. The number of allylic oxidation sites excluding steroid dienone is 1. The smallest absolute Gasteiger partial charge is 0.147 e. The maximum Gasteiger partial charge on any atom is 0.147 e. The van der Waals surface area contributed by atoms with Crippen molar-refractivity contribution in [2.45, 2.75) is 84.2 Å². The molecule has 0 aliphatic heterocycles. The maximum atomic E-state index is 9.50. The predicted octanol–water partition coefficient (Wildman–Crippen LogP) is 4.92. The third-order valence-corrected chi connectivity index (χ3v) is 6.80. The molecule has 0 bridgehead atoms. The number of aliphatic hydroxyl groups is 2. The van der Waals surface area contributed by atoms with Gasteiger partial charge in [-0.25, -0.2) is 0 Å². The molecule has 2 aliphatic carbocycles. The summed E-state index contributed by atoms with van der Waals surface area (Å²) in [7, 11) is 1.73. The minimum Gasteiger partial charge on any atom is -0.396 e. The Bertz CT molecular complexity index is 545. The Hall–Kier alpha value is -1.34. The average molecular weight is 483 g/mol. The minimum absolute atomic E-state index is 0.218. The highest BCUT2D eigenvalue weighted by molar-refractivity contribution is 5.72. The molecule has 198 valence electrons. The summed E-state index contributed by atoms with van der Waals surface area (Å²) in [6.07, 6.45) is 14.8. The van der Waals surface area contributed by atoms with E-state index in [0.717, 1.165) is 24.7 Å². The van der Waals surface area contributed by atoms with E-state index in [4.69, 9.17) is 14.6 Å². The van der Waals surface area contributed by atoms with Gasteiger partial charge in [-0.2, -0.15) is 0 Å². The van der Waals surface area contributed by atoms with Gasteiger partial charge < -0.3 is 19.7 Å². The molecule has 0 radical (unpaired) electrons. The first kappa shape index (κ1) is 32.7. The molecule has 0 saturated heterocycles. The summed E-state index contributed by atoms with van der Waals surface area (Å²) in [5, 5.41) is 17.5. The summed E-state index contributed by atoms with van der Waals surface area (Å²) in [6, 6.07) is 0. The number of aldehydes is 2. The monoisotopic (exact) mass is 482 g/mol. The summed E-state index contributed by atoms with van der Waals surface area (Å²) in [4.78, 5) is 18.9. The van der Waals surface area contributed by atoms with Gasteiger partial charge >= 0.3 is 0 Å². The second kappa shape index (κ2) is 21.0. The fourth-order valence-corrected chi connectivity index (χ4v) is 4.68. The number of methoxy groups -OCH3 is 1. The van der Waals surface area contributed by atoms with Crippen LogP contribution in [0, 0.1) is 23.7 Å². The van der Waals surface area contributed by atoms with Crippen LogP contribution in [0.2, 0.25) is 0 Å². The van der Waals surface area contributed by atoms with Crippen LogP contribution in [-0.2, 0) is 19.1 Å². The van der Waals surface area contributed by atoms with Crippen LogP contribution in [0.4, 0.5) is 0 Å². The lowest BCUT2D eigenvalue weighted by molar-refractivity contribution is -0.105. The zero-order valence-corrected chi connectivity index (χ0v) is 21.9. The number of ether oxygens (including phenoxy) is 2. The summed E-state index contributed by atoms with van der Waals surface area (Å²) in [6.45, 7) is 12.1. The Labute approximate surface area is 207 Å². The molecular formula is C28H50O6. The number of carbonyl (C=O) groups is 2. The first-order chi connectivity index (χ1) is 16.3. The van der Waals surface area contributed by atoms with E-state index in [9.17, 15) is 14.7 Å². The van der Waals surface area contributed by atoms with Crippen LogP contribution in [0.25, 0.3) is 0 Å². The second-order valence-corrected chi connectivity index (χ2v) is 9.84. The van der Waals surface area contributed by atoms with Crippen molar-refractivity contribution < 1.29 is 29.3 Å². The van der Waals surface area contributed by atoms with Gasteiger partial charge in [0.25, 0.3) is 0 Å². The third kappa shape index (κ3) is 15.5. The van der Waals surface area contributed by atoms with E-state index in [1.54, 1.807) is 14.0 Å². The SMILES string of the molecule is C=C(C)C=O.C=C(C=O)CO.CCCC1CCC(OCC2CCC(C(CO)COC)CC2)CC1. The lowest BCUT2D eigenvalue weighted by Crippen LogP contribution is -2.30. The Morgan fingerprint density at radius 2 is 1.53 bits per heavy atom. The van der Waals surface area contributed by atoms with E-state index in [2.05, 4.69) is 20.1 Å². The van der Waals surface area contributed by atoms with Crippen molar-refractivity contribution in [3.63, 3.8) is 0 Å². The fourth-order valence-electron chi connectivity index (χ4n) is 4.68. The lowest BCUT2D eigenvalue weighted by Gasteiger charge is -2.34. The van der Waals surface area contributed by atoms with Crippen LogP contribution >= 0.6 is 0 Å². The maximum absolute atomic E-state index is 9.50. The van der Waals surface area contributed by atoms with Crippen molar-refractivity contribution >= 4 is 12.6 Å². The van der Waals surface area contributed by atoms with E-state index >= 15 is 0 Å². The minimum atomic E-state index is -0.233. The average Bonchev–Trinajstić information content (AvgIpc) is 2.87. The highest BCUT2D eigenvalue weighted by atomic mass is 16.5. The normalized spacial score (nSPS) is 25.0. The Kier molecular flexibility index (Phi) is 20.2. The summed E-state index contributed by atoms with van der Waals surface area (Å²) in [5.74, 6) is 2.67. The van der Waals surface area contributed by atoms with Crippen LogP contribution in [0.5, 0.6) is 0 Å². The highest BCUT2D eigenvalue weighted by Gasteiger charge is 2.28. The second-order valence-electron chi connectivity index (χ2n) is 9.84. The highest BCUT2D eigenvalue weighted by Crippen LogP contribution is 2.35. The van der Waals surface area contributed by atoms with Gasteiger partial charge in [0.15, 0.2) is 0 Å². The van der Waals surface area contributed by atoms with Crippen LogP contribution in [0.15, 0.2) is 24.3 Å². The van der Waals surface area contributed by atoms with Gasteiger partial charge in [-0.1, -0.05) is 32.9 Å². The molecule has 34 heavy (non-hydrogen) atoms. The molecule has 0 aromatic heterocycles. The molecule has 2 fully saturated rings. The molecule has 2 N–H and O–H groups in total. The van der Waals surface area contributed by atoms with Crippen LogP contribution in [0.3, 0.4) is 0 Å². The third-order valence-electron chi connectivity index (χ3n) is 6.80. The molecule has 0 heterocycles. The Morgan fingerprint density at radius 3 is 1.91 bits per heavy atom. The molecule has 0 amide bonds. The number of hydrogen-bond donors (Lipinski definition) is 2. The lowest BCUT2D eigenvalue weighted by atomic mass is 9.76. The van der Waals surface area contributed by atoms with Gasteiger partial charge in [0.05, 0.1) is 19.3 Å². The van der Waals surface area contributed by atoms with Crippen molar-refractivity contribution in [2.24, 2.45) is 23.7 Å². The molecule has 6 heteroatoms. The van der Waals surface area contributed by atoms with Gasteiger partial charge in [-0.15, -0.1) is 0 Å². The Balaban J connectivity index is 0.000000824. The van der Waals surface area contributed by atoms with Gasteiger partial charge in [-0.3, -0.25) is 9.59 Å². The van der Waals surface area contributed by atoms with E-state index in [-0.39, 0.29) is 18.8 Å². The van der Waals surface area contributed by atoms with E-state index in [1.165, 1.54) is 64.2 Å². The number of carbonyl (C=O) groups excluding carboxylic acids is 2. The topological polar surface area (TPSA) is 93.1 Å². The molecule has 1 atom stereocenters. The summed E-state index contributed by atoms with van der Waals surface area (Å²) < 4.78 is 11.5. The van der Waals surface area contributed by atoms with Gasteiger partial charge in [0, 0.05) is 31.8 Å². The van der Waals surface area contributed by atoms with E-state index in [1.807, 2.05) is 0 Å². The molecule has 2 aliphatic rings.